The normalized spacial score (nSPS) is 26.0. The van der Waals surface area contributed by atoms with E-state index in [2.05, 4.69) is 23.8 Å². The molecule has 0 aromatic heterocycles. The van der Waals surface area contributed by atoms with Gasteiger partial charge in [0.2, 0.25) is 0 Å². The SMILES string of the molecule is CN1CCC(C#CCO)C1. The molecule has 1 aliphatic heterocycles. The van der Waals surface area contributed by atoms with Crippen molar-refractivity contribution in [1.82, 2.24) is 4.90 Å². The van der Waals surface area contributed by atoms with E-state index in [1.165, 1.54) is 0 Å². The lowest BCUT2D eigenvalue weighted by Crippen LogP contribution is -2.13. The number of aliphatic hydroxyl groups excluding tert-OH is 1. The van der Waals surface area contributed by atoms with Crippen molar-refractivity contribution in [3.63, 3.8) is 0 Å². The third-order valence-electron chi connectivity index (χ3n) is 1.78. The van der Waals surface area contributed by atoms with Crippen molar-refractivity contribution in [2.45, 2.75) is 6.42 Å². The zero-order chi connectivity index (χ0) is 7.40. The first-order chi connectivity index (χ1) is 4.83. The second kappa shape index (κ2) is 3.60. The quantitative estimate of drug-likeness (QED) is 0.475. The number of likely N-dealkylation sites (tertiary alicyclic amines) is 1. The second-order valence-corrected chi connectivity index (χ2v) is 2.73. The molecule has 0 radical (unpaired) electrons. The average molecular weight is 139 g/mol. The molecule has 1 fully saturated rings. The van der Waals surface area contributed by atoms with Gasteiger partial charge < -0.3 is 10.0 Å². The van der Waals surface area contributed by atoms with E-state index >= 15 is 0 Å². The highest BCUT2D eigenvalue weighted by Gasteiger charge is 2.16. The van der Waals surface area contributed by atoms with Gasteiger partial charge in [0.15, 0.2) is 0 Å². The molecule has 0 spiro atoms. The molecule has 1 heterocycles. The van der Waals surface area contributed by atoms with Gasteiger partial charge in [0, 0.05) is 12.5 Å². The van der Waals surface area contributed by atoms with Crippen LogP contribution in [0.1, 0.15) is 6.42 Å². The van der Waals surface area contributed by atoms with Gasteiger partial charge in [-0.05, 0) is 20.0 Å². The first kappa shape index (κ1) is 7.59. The summed E-state index contributed by atoms with van der Waals surface area (Å²) in [6, 6.07) is 0. The van der Waals surface area contributed by atoms with Gasteiger partial charge in [-0.2, -0.15) is 0 Å². The van der Waals surface area contributed by atoms with Crippen LogP contribution in [0.5, 0.6) is 0 Å². The number of hydrogen-bond acceptors (Lipinski definition) is 2. The van der Waals surface area contributed by atoms with Crippen LogP contribution in [0.25, 0.3) is 0 Å². The maximum absolute atomic E-state index is 8.41. The van der Waals surface area contributed by atoms with E-state index in [1.807, 2.05) is 0 Å². The number of aliphatic hydroxyl groups is 1. The third-order valence-corrected chi connectivity index (χ3v) is 1.78. The lowest BCUT2D eigenvalue weighted by Gasteiger charge is -2.03. The molecule has 56 valence electrons. The molecule has 2 heteroatoms. The van der Waals surface area contributed by atoms with Gasteiger partial charge in [-0.1, -0.05) is 11.8 Å². The van der Waals surface area contributed by atoms with Crippen LogP contribution < -0.4 is 0 Å². The van der Waals surface area contributed by atoms with Crippen LogP contribution in [-0.2, 0) is 0 Å². The minimum absolute atomic E-state index is 0.000213. The Morgan fingerprint density at radius 1 is 1.70 bits per heavy atom. The fraction of sp³-hybridized carbons (Fsp3) is 0.750. The maximum Gasteiger partial charge on any atom is 0.104 e. The van der Waals surface area contributed by atoms with Crippen LogP contribution in [0.4, 0.5) is 0 Å². The second-order valence-electron chi connectivity index (χ2n) is 2.73. The Balaban J connectivity index is 2.31. The highest BCUT2D eigenvalue weighted by atomic mass is 16.2. The predicted molar refractivity (Wildman–Crippen MR) is 40.5 cm³/mol. The van der Waals surface area contributed by atoms with Crippen molar-refractivity contribution >= 4 is 0 Å². The molecule has 1 atom stereocenters. The summed E-state index contributed by atoms with van der Waals surface area (Å²) in [5, 5.41) is 8.41. The van der Waals surface area contributed by atoms with Crippen molar-refractivity contribution in [1.29, 1.82) is 0 Å². The summed E-state index contributed by atoms with van der Waals surface area (Å²) in [5.74, 6) is 6.21. The van der Waals surface area contributed by atoms with Crippen LogP contribution in [0.3, 0.4) is 0 Å². The molecule has 0 saturated carbocycles. The van der Waals surface area contributed by atoms with Gasteiger partial charge in [-0.15, -0.1) is 0 Å². The molecule has 0 aliphatic carbocycles. The van der Waals surface area contributed by atoms with Gasteiger partial charge in [-0.3, -0.25) is 0 Å². The molecule has 0 aromatic rings. The minimum atomic E-state index is 0.000213. The summed E-state index contributed by atoms with van der Waals surface area (Å²) in [6.07, 6.45) is 1.16. The summed E-state index contributed by atoms with van der Waals surface area (Å²) in [5.41, 5.74) is 0. The number of hydrogen-bond donors (Lipinski definition) is 1. The Morgan fingerprint density at radius 2 is 2.50 bits per heavy atom. The van der Waals surface area contributed by atoms with Crippen LogP contribution in [0, 0.1) is 17.8 Å². The highest BCUT2D eigenvalue weighted by Crippen LogP contribution is 2.12. The summed E-state index contributed by atoms with van der Waals surface area (Å²) in [6.45, 7) is 2.21. The van der Waals surface area contributed by atoms with Gasteiger partial charge in [0.1, 0.15) is 6.61 Å². The molecular weight excluding hydrogens is 126 g/mol. The molecule has 0 amide bonds. The van der Waals surface area contributed by atoms with Crippen LogP contribution in [0.2, 0.25) is 0 Å². The first-order valence-corrected chi connectivity index (χ1v) is 3.60. The van der Waals surface area contributed by atoms with Crippen molar-refractivity contribution in [2.75, 3.05) is 26.7 Å². The lowest BCUT2D eigenvalue weighted by atomic mass is 10.1. The van der Waals surface area contributed by atoms with Gasteiger partial charge in [-0.25, -0.2) is 0 Å². The van der Waals surface area contributed by atoms with Gasteiger partial charge in [0.25, 0.3) is 0 Å². The molecule has 1 saturated heterocycles. The summed E-state index contributed by atoms with van der Waals surface area (Å²) >= 11 is 0. The number of nitrogens with zero attached hydrogens (tertiary/aromatic N) is 1. The molecule has 1 rings (SSSR count). The van der Waals surface area contributed by atoms with E-state index in [-0.39, 0.29) is 6.61 Å². The molecule has 0 aromatic carbocycles. The standard InChI is InChI=1S/C8H13NO/c1-9-5-4-8(7-9)3-2-6-10/h8,10H,4-7H2,1H3. The van der Waals surface area contributed by atoms with E-state index in [0.29, 0.717) is 5.92 Å². The van der Waals surface area contributed by atoms with Crippen LogP contribution in [-0.4, -0.2) is 36.8 Å². The lowest BCUT2D eigenvalue weighted by molar-refractivity contribution is 0.350. The molecule has 2 nitrogen and oxygen atoms in total. The van der Waals surface area contributed by atoms with Gasteiger partial charge in [0.05, 0.1) is 0 Å². The van der Waals surface area contributed by atoms with Crippen molar-refractivity contribution in [3.8, 4) is 11.8 Å². The Labute approximate surface area is 61.8 Å². The Morgan fingerprint density at radius 3 is 3.00 bits per heavy atom. The fourth-order valence-corrected chi connectivity index (χ4v) is 1.24. The summed E-state index contributed by atoms with van der Waals surface area (Å²) in [7, 11) is 2.10. The molecular formula is C8H13NO. The Kier molecular flexibility index (Phi) is 2.73. The predicted octanol–water partition coefficient (Wildman–Crippen LogP) is -0.0662. The van der Waals surface area contributed by atoms with Gasteiger partial charge >= 0.3 is 0 Å². The minimum Gasteiger partial charge on any atom is -0.384 e. The Bertz CT molecular complexity index is 156. The van der Waals surface area contributed by atoms with Crippen LogP contribution >= 0.6 is 0 Å². The Hall–Kier alpha value is -0.520. The van der Waals surface area contributed by atoms with Crippen LogP contribution in [0.15, 0.2) is 0 Å². The molecule has 1 N–H and O–H groups in total. The van der Waals surface area contributed by atoms with E-state index in [9.17, 15) is 0 Å². The zero-order valence-electron chi connectivity index (χ0n) is 6.30. The topological polar surface area (TPSA) is 23.5 Å². The molecule has 0 bridgehead atoms. The fourth-order valence-electron chi connectivity index (χ4n) is 1.24. The third kappa shape index (κ3) is 2.02. The van der Waals surface area contributed by atoms with E-state index in [4.69, 9.17) is 5.11 Å². The van der Waals surface area contributed by atoms with Crippen molar-refractivity contribution in [3.05, 3.63) is 0 Å². The van der Waals surface area contributed by atoms with E-state index < -0.39 is 0 Å². The van der Waals surface area contributed by atoms with Crippen molar-refractivity contribution < 1.29 is 5.11 Å². The van der Waals surface area contributed by atoms with E-state index in [1.54, 1.807) is 0 Å². The molecule has 1 unspecified atom stereocenters. The zero-order valence-corrected chi connectivity index (χ0v) is 6.30. The van der Waals surface area contributed by atoms with E-state index in [0.717, 1.165) is 19.5 Å². The first-order valence-electron chi connectivity index (χ1n) is 3.60. The average Bonchev–Trinajstić information content (AvgIpc) is 2.31. The monoisotopic (exact) mass is 139 g/mol. The smallest absolute Gasteiger partial charge is 0.104 e. The summed E-state index contributed by atoms with van der Waals surface area (Å²) < 4.78 is 0. The molecule has 10 heavy (non-hydrogen) atoms. The number of rotatable bonds is 0. The molecule has 1 aliphatic rings. The maximum atomic E-state index is 8.41. The summed E-state index contributed by atoms with van der Waals surface area (Å²) in [4.78, 5) is 2.26. The van der Waals surface area contributed by atoms with Crippen molar-refractivity contribution in [2.24, 2.45) is 5.92 Å². The highest BCUT2D eigenvalue weighted by molar-refractivity contribution is 5.06. The largest absolute Gasteiger partial charge is 0.384 e.